The molecule has 1 aliphatic rings. The molecule has 1 fully saturated rings. The molecular weight excluding hydrogens is 292 g/mol. The van der Waals surface area contributed by atoms with Crippen LogP contribution in [0.2, 0.25) is 0 Å². The number of carbonyl (C=O) groups is 2. The van der Waals surface area contributed by atoms with Crippen LogP contribution in [0.25, 0.3) is 11.0 Å². The fourth-order valence-electron chi connectivity index (χ4n) is 2.08. The number of fused-ring (bicyclic) bond motifs is 1. The Labute approximate surface area is 125 Å². The van der Waals surface area contributed by atoms with Gasteiger partial charge in [-0.05, 0) is 12.1 Å². The van der Waals surface area contributed by atoms with Crippen LogP contribution in [0.5, 0.6) is 5.75 Å². The summed E-state index contributed by atoms with van der Waals surface area (Å²) in [7, 11) is 1.62. The molecule has 3 amide bonds. The molecule has 0 spiro atoms. The Kier molecular flexibility index (Phi) is 3.70. The molecule has 1 aliphatic heterocycles. The number of thioether (sulfide) groups is 1. The maximum atomic E-state index is 11.4. The van der Waals surface area contributed by atoms with E-state index in [-0.39, 0.29) is 18.5 Å². The number of benzene rings is 1. The zero-order chi connectivity index (χ0) is 14.8. The van der Waals surface area contributed by atoms with Crippen molar-refractivity contribution in [1.29, 1.82) is 0 Å². The van der Waals surface area contributed by atoms with E-state index in [1.54, 1.807) is 7.11 Å². The Bertz CT molecular complexity index is 684. The number of amides is 3. The number of methoxy groups -OCH3 is 1. The first-order valence-corrected chi connectivity index (χ1v) is 7.40. The van der Waals surface area contributed by atoms with Crippen LogP contribution in [0.4, 0.5) is 4.79 Å². The van der Waals surface area contributed by atoms with Gasteiger partial charge in [0.1, 0.15) is 5.75 Å². The highest BCUT2D eigenvalue weighted by Crippen LogP contribution is 2.23. The number of ether oxygens (including phenoxy) is 1. The summed E-state index contributed by atoms with van der Waals surface area (Å²) < 4.78 is 5.16. The zero-order valence-electron chi connectivity index (χ0n) is 11.4. The van der Waals surface area contributed by atoms with Gasteiger partial charge in [0, 0.05) is 18.4 Å². The highest BCUT2D eigenvalue weighted by atomic mass is 32.2. The zero-order valence-corrected chi connectivity index (χ0v) is 12.2. The third-order valence-electron chi connectivity index (χ3n) is 3.16. The maximum Gasteiger partial charge on any atom is 0.324 e. The summed E-state index contributed by atoms with van der Waals surface area (Å²) in [5.41, 5.74) is 1.75. The van der Waals surface area contributed by atoms with Crippen molar-refractivity contribution in [3.63, 3.8) is 0 Å². The maximum absolute atomic E-state index is 11.4. The first-order valence-electron chi connectivity index (χ1n) is 6.42. The van der Waals surface area contributed by atoms with Crippen LogP contribution in [0.3, 0.4) is 0 Å². The molecule has 7 nitrogen and oxygen atoms in total. The smallest absolute Gasteiger partial charge is 0.324 e. The number of hydrogen-bond donors (Lipinski definition) is 2. The van der Waals surface area contributed by atoms with Gasteiger partial charge in [0.25, 0.3) is 0 Å². The van der Waals surface area contributed by atoms with Gasteiger partial charge in [-0.15, -0.1) is 0 Å². The Hall–Kier alpha value is -2.22. The summed E-state index contributed by atoms with van der Waals surface area (Å²) in [6.07, 6.45) is 0. The molecule has 0 radical (unpaired) electrons. The summed E-state index contributed by atoms with van der Waals surface area (Å²) in [5.74, 6) is 1.17. The van der Waals surface area contributed by atoms with Crippen LogP contribution < -0.4 is 10.1 Å². The number of aromatic nitrogens is 2. The molecule has 0 atom stereocenters. The molecule has 1 aromatic heterocycles. The molecular formula is C13H14N4O3S. The van der Waals surface area contributed by atoms with E-state index < -0.39 is 0 Å². The number of rotatable bonds is 5. The van der Waals surface area contributed by atoms with E-state index in [0.29, 0.717) is 12.3 Å². The number of urea groups is 1. The van der Waals surface area contributed by atoms with E-state index in [0.717, 1.165) is 21.9 Å². The van der Waals surface area contributed by atoms with Gasteiger partial charge < -0.3 is 15.0 Å². The lowest BCUT2D eigenvalue weighted by Gasteiger charge is -2.10. The molecule has 0 aliphatic carbocycles. The van der Waals surface area contributed by atoms with Crippen molar-refractivity contribution in [2.75, 3.05) is 26.0 Å². The second-order valence-electron chi connectivity index (χ2n) is 4.48. The molecule has 0 unspecified atom stereocenters. The van der Waals surface area contributed by atoms with Crippen molar-refractivity contribution in [2.45, 2.75) is 5.16 Å². The Morgan fingerprint density at radius 1 is 1.43 bits per heavy atom. The predicted molar refractivity (Wildman–Crippen MR) is 78.5 cm³/mol. The van der Waals surface area contributed by atoms with Crippen LogP contribution in [0.15, 0.2) is 23.4 Å². The van der Waals surface area contributed by atoms with Gasteiger partial charge in [0.15, 0.2) is 5.16 Å². The van der Waals surface area contributed by atoms with Gasteiger partial charge >= 0.3 is 6.03 Å². The highest BCUT2D eigenvalue weighted by molar-refractivity contribution is 7.99. The fraction of sp³-hybridized carbons (Fsp3) is 0.308. The van der Waals surface area contributed by atoms with Crippen molar-refractivity contribution in [3.05, 3.63) is 18.2 Å². The number of nitrogens with one attached hydrogen (secondary N) is 2. The van der Waals surface area contributed by atoms with Gasteiger partial charge in [-0.1, -0.05) is 11.8 Å². The van der Waals surface area contributed by atoms with Crippen molar-refractivity contribution in [3.8, 4) is 5.75 Å². The average Bonchev–Trinajstić information content (AvgIpc) is 3.03. The number of aromatic amines is 1. The lowest BCUT2D eigenvalue weighted by molar-refractivity contribution is -0.124. The molecule has 2 N–H and O–H groups in total. The second-order valence-corrected chi connectivity index (χ2v) is 5.56. The summed E-state index contributed by atoms with van der Waals surface area (Å²) in [5, 5.41) is 3.25. The highest BCUT2D eigenvalue weighted by Gasteiger charge is 2.27. The molecule has 3 rings (SSSR count). The summed E-state index contributed by atoms with van der Waals surface area (Å²) in [6, 6.07) is 5.29. The number of imidazole rings is 1. The molecule has 2 aromatic rings. The van der Waals surface area contributed by atoms with E-state index in [9.17, 15) is 9.59 Å². The number of hydrogen-bond acceptors (Lipinski definition) is 5. The monoisotopic (exact) mass is 306 g/mol. The van der Waals surface area contributed by atoms with Crippen molar-refractivity contribution >= 4 is 34.7 Å². The third kappa shape index (κ3) is 2.80. The topological polar surface area (TPSA) is 87.3 Å². The van der Waals surface area contributed by atoms with E-state index in [2.05, 4.69) is 15.3 Å². The Morgan fingerprint density at radius 3 is 3.00 bits per heavy atom. The molecule has 0 saturated carbocycles. The van der Waals surface area contributed by atoms with Crippen LogP contribution in [-0.4, -0.2) is 52.8 Å². The molecule has 110 valence electrons. The lowest BCUT2D eigenvalue weighted by Crippen LogP contribution is -2.32. The van der Waals surface area contributed by atoms with Gasteiger partial charge in [0.2, 0.25) is 5.91 Å². The first kappa shape index (κ1) is 13.7. The normalized spacial score (nSPS) is 14.8. The molecule has 1 saturated heterocycles. The number of H-pyrrole nitrogens is 1. The summed E-state index contributed by atoms with van der Waals surface area (Å²) >= 11 is 1.47. The van der Waals surface area contributed by atoms with Crippen LogP contribution in [-0.2, 0) is 4.79 Å². The largest absolute Gasteiger partial charge is 0.497 e. The van der Waals surface area contributed by atoms with E-state index >= 15 is 0 Å². The minimum atomic E-state index is -0.324. The van der Waals surface area contributed by atoms with Crippen LogP contribution in [0, 0.1) is 0 Å². The lowest BCUT2D eigenvalue weighted by atomic mass is 10.3. The van der Waals surface area contributed by atoms with Gasteiger partial charge in [0.05, 0.1) is 24.7 Å². The minimum Gasteiger partial charge on any atom is -0.497 e. The van der Waals surface area contributed by atoms with Gasteiger partial charge in [-0.25, -0.2) is 9.78 Å². The SMILES string of the molecule is COc1ccc2nc(SCCN3C(=O)CNC3=O)[nH]c2c1. The van der Waals surface area contributed by atoms with E-state index in [1.165, 1.54) is 16.7 Å². The van der Waals surface area contributed by atoms with Gasteiger partial charge in [-0.3, -0.25) is 9.69 Å². The first-order chi connectivity index (χ1) is 10.2. The van der Waals surface area contributed by atoms with Gasteiger partial charge in [-0.2, -0.15) is 0 Å². The fourth-order valence-corrected chi connectivity index (χ4v) is 2.89. The Morgan fingerprint density at radius 2 is 2.29 bits per heavy atom. The molecule has 21 heavy (non-hydrogen) atoms. The summed E-state index contributed by atoms with van der Waals surface area (Å²) in [6.45, 7) is 0.462. The molecule has 2 heterocycles. The quantitative estimate of drug-likeness (QED) is 0.640. The average molecular weight is 306 g/mol. The Balaban J connectivity index is 1.63. The summed E-state index contributed by atoms with van der Waals surface area (Å²) in [4.78, 5) is 31.7. The molecule has 0 bridgehead atoms. The molecule has 1 aromatic carbocycles. The third-order valence-corrected chi connectivity index (χ3v) is 4.01. The van der Waals surface area contributed by atoms with Crippen LogP contribution >= 0.6 is 11.8 Å². The van der Waals surface area contributed by atoms with Crippen LogP contribution in [0.1, 0.15) is 0 Å². The number of imide groups is 1. The van der Waals surface area contributed by atoms with E-state index in [1.807, 2.05) is 18.2 Å². The van der Waals surface area contributed by atoms with Crippen molar-refractivity contribution < 1.29 is 14.3 Å². The predicted octanol–water partition coefficient (Wildman–Crippen LogP) is 1.22. The van der Waals surface area contributed by atoms with Crippen molar-refractivity contribution in [2.24, 2.45) is 0 Å². The minimum absolute atomic E-state index is 0.0912. The number of carbonyl (C=O) groups excluding carboxylic acids is 2. The van der Waals surface area contributed by atoms with Crippen molar-refractivity contribution in [1.82, 2.24) is 20.2 Å². The van der Waals surface area contributed by atoms with E-state index in [4.69, 9.17) is 4.74 Å². The number of nitrogens with zero attached hydrogens (tertiary/aromatic N) is 2. The standard InChI is InChI=1S/C13H14N4O3S/c1-20-8-2-3-9-10(6-8)16-12(15-9)21-5-4-17-11(18)7-14-13(17)19/h2-3,6H,4-5,7H2,1H3,(H,14,19)(H,15,16). The second kappa shape index (κ2) is 5.65. The molecule has 8 heteroatoms.